The van der Waals surface area contributed by atoms with Crippen LogP contribution in [0.5, 0.6) is 0 Å². The second-order valence-corrected chi connectivity index (χ2v) is 15.6. The van der Waals surface area contributed by atoms with Gasteiger partial charge in [0.25, 0.3) is 0 Å². The van der Waals surface area contributed by atoms with Gasteiger partial charge in [0.1, 0.15) is 0 Å². The van der Waals surface area contributed by atoms with E-state index in [1.807, 2.05) is 60.7 Å². The molecule has 3 aromatic heterocycles. The number of aromatic nitrogens is 5. The van der Waals surface area contributed by atoms with Gasteiger partial charge in [-0.05, 0) is 76.9 Å². The molecule has 0 saturated carbocycles. The topological polar surface area (TPSA) is 48.5 Å². The lowest BCUT2D eigenvalue weighted by molar-refractivity contribution is 1.07. The highest BCUT2D eigenvalue weighted by molar-refractivity contribution is 6.16. The molecule has 9 aromatic carbocycles. The molecule has 0 amide bonds. The molecule has 5 nitrogen and oxygen atoms in total. The average molecular weight is 792 g/mol. The van der Waals surface area contributed by atoms with Crippen molar-refractivity contribution in [2.45, 2.75) is 0 Å². The Morgan fingerprint density at radius 1 is 0.258 bits per heavy atom. The molecule has 0 aliphatic heterocycles. The van der Waals surface area contributed by atoms with Crippen LogP contribution >= 0.6 is 0 Å². The molecule has 0 spiro atoms. The van der Waals surface area contributed by atoms with Gasteiger partial charge < -0.3 is 9.13 Å². The maximum atomic E-state index is 5.03. The number of hydrogen-bond acceptors (Lipinski definition) is 3. The van der Waals surface area contributed by atoms with E-state index < -0.39 is 0 Å². The molecule has 0 bridgehead atoms. The third-order valence-corrected chi connectivity index (χ3v) is 12.0. The fourth-order valence-electron chi connectivity index (χ4n) is 9.11. The van der Waals surface area contributed by atoms with Crippen LogP contribution in [-0.2, 0) is 0 Å². The molecule has 0 saturated heterocycles. The van der Waals surface area contributed by atoms with E-state index in [9.17, 15) is 0 Å². The largest absolute Gasteiger partial charge is 0.309 e. The molecule has 0 N–H and O–H groups in total. The van der Waals surface area contributed by atoms with E-state index in [1.54, 1.807) is 0 Å². The van der Waals surface area contributed by atoms with Gasteiger partial charge in [-0.1, -0.05) is 170 Å². The van der Waals surface area contributed by atoms with Crippen molar-refractivity contribution in [2.24, 2.45) is 0 Å². The summed E-state index contributed by atoms with van der Waals surface area (Å²) in [5.41, 5.74) is 14.4. The first-order chi connectivity index (χ1) is 30.7. The summed E-state index contributed by atoms with van der Waals surface area (Å²) in [6, 6.07) is 79.4. The fourth-order valence-corrected chi connectivity index (χ4v) is 9.11. The maximum Gasteiger partial charge on any atom is 0.164 e. The number of rotatable bonds is 7. The molecule has 3 heterocycles. The van der Waals surface area contributed by atoms with Crippen LogP contribution in [-0.4, -0.2) is 24.1 Å². The SMILES string of the molecule is c1ccc(-c2nc(-c3ccccc3)nc(-c3cccc(-c4cccc5c4c4ccccc4n5-c4ccc(-c5ccc6c7ccccc7n(-c7ccccc7)c6c5)cc4)c3)n2)cc1. The van der Waals surface area contributed by atoms with Gasteiger partial charge in [0, 0.05) is 49.6 Å². The summed E-state index contributed by atoms with van der Waals surface area (Å²) in [5, 5.41) is 4.91. The zero-order chi connectivity index (χ0) is 41.0. The average Bonchev–Trinajstić information content (AvgIpc) is 3.87. The normalized spacial score (nSPS) is 11.5. The molecule has 0 fully saturated rings. The van der Waals surface area contributed by atoms with Gasteiger partial charge >= 0.3 is 0 Å². The van der Waals surface area contributed by atoms with Crippen molar-refractivity contribution in [2.75, 3.05) is 0 Å². The summed E-state index contributed by atoms with van der Waals surface area (Å²) >= 11 is 0. The van der Waals surface area contributed by atoms with Crippen LogP contribution in [0.1, 0.15) is 0 Å². The van der Waals surface area contributed by atoms with Crippen LogP contribution in [0.25, 0.3) is 111 Å². The van der Waals surface area contributed by atoms with Crippen molar-refractivity contribution >= 4 is 43.6 Å². The fraction of sp³-hybridized carbons (Fsp3) is 0. The second kappa shape index (κ2) is 14.7. The molecular formula is C57H37N5. The monoisotopic (exact) mass is 791 g/mol. The van der Waals surface area contributed by atoms with E-state index in [-0.39, 0.29) is 0 Å². The van der Waals surface area contributed by atoms with Crippen molar-refractivity contribution < 1.29 is 0 Å². The van der Waals surface area contributed by atoms with Crippen LogP contribution in [0.15, 0.2) is 224 Å². The Labute approximate surface area is 358 Å². The molecule has 5 heteroatoms. The number of benzene rings is 9. The van der Waals surface area contributed by atoms with E-state index in [2.05, 4.69) is 173 Å². The molecule has 0 aliphatic carbocycles. The summed E-state index contributed by atoms with van der Waals surface area (Å²) in [5.74, 6) is 1.92. The highest BCUT2D eigenvalue weighted by atomic mass is 15.0. The Bertz CT molecular complexity index is 3550. The van der Waals surface area contributed by atoms with Gasteiger partial charge in [-0.15, -0.1) is 0 Å². The van der Waals surface area contributed by atoms with Crippen LogP contribution in [0, 0.1) is 0 Å². The van der Waals surface area contributed by atoms with Gasteiger partial charge in [0.05, 0.1) is 22.1 Å². The first-order valence-electron chi connectivity index (χ1n) is 20.9. The molecule has 0 aliphatic rings. The quantitative estimate of drug-likeness (QED) is 0.162. The Hall–Kier alpha value is -8.41. The van der Waals surface area contributed by atoms with Gasteiger partial charge in [-0.2, -0.15) is 0 Å². The van der Waals surface area contributed by atoms with E-state index in [1.165, 1.54) is 43.7 Å². The van der Waals surface area contributed by atoms with Gasteiger partial charge in [-0.25, -0.2) is 15.0 Å². The van der Waals surface area contributed by atoms with E-state index >= 15 is 0 Å². The van der Waals surface area contributed by atoms with Crippen molar-refractivity contribution in [1.82, 2.24) is 24.1 Å². The third-order valence-electron chi connectivity index (χ3n) is 12.0. The van der Waals surface area contributed by atoms with E-state index in [0.717, 1.165) is 50.2 Å². The third kappa shape index (κ3) is 5.98. The lowest BCUT2D eigenvalue weighted by atomic mass is 9.97. The first kappa shape index (κ1) is 35.5. The summed E-state index contributed by atoms with van der Waals surface area (Å²) in [4.78, 5) is 15.0. The summed E-state index contributed by atoms with van der Waals surface area (Å²) < 4.78 is 4.77. The lowest BCUT2D eigenvalue weighted by Gasteiger charge is -2.12. The first-order valence-corrected chi connectivity index (χ1v) is 20.9. The molecule has 0 radical (unpaired) electrons. The predicted molar refractivity (Wildman–Crippen MR) is 256 cm³/mol. The van der Waals surface area contributed by atoms with E-state index in [0.29, 0.717) is 17.5 Å². The highest BCUT2D eigenvalue weighted by Gasteiger charge is 2.19. The molecule has 0 unspecified atom stereocenters. The Kier molecular flexibility index (Phi) is 8.42. The Morgan fingerprint density at radius 3 is 1.42 bits per heavy atom. The second-order valence-electron chi connectivity index (χ2n) is 15.6. The molecule has 12 rings (SSSR count). The van der Waals surface area contributed by atoms with Crippen LogP contribution in [0.3, 0.4) is 0 Å². The molecular weight excluding hydrogens is 755 g/mol. The summed E-state index contributed by atoms with van der Waals surface area (Å²) in [7, 11) is 0. The zero-order valence-electron chi connectivity index (χ0n) is 33.6. The van der Waals surface area contributed by atoms with Crippen molar-refractivity contribution in [3.8, 4) is 67.8 Å². The maximum absolute atomic E-state index is 5.03. The number of fused-ring (bicyclic) bond motifs is 6. The van der Waals surface area contributed by atoms with Crippen molar-refractivity contribution in [3.05, 3.63) is 224 Å². The minimum atomic E-state index is 0.634. The van der Waals surface area contributed by atoms with Crippen LogP contribution in [0.2, 0.25) is 0 Å². The molecule has 62 heavy (non-hydrogen) atoms. The number of para-hydroxylation sites is 3. The zero-order valence-corrected chi connectivity index (χ0v) is 33.6. The molecule has 12 aromatic rings. The van der Waals surface area contributed by atoms with Gasteiger partial charge in [0.15, 0.2) is 17.5 Å². The number of hydrogen-bond donors (Lipinski definition) is 0. The smallest absolute Gasteiger partial charge is 0.164 e. The molecule has 0 atom stereocenters. The van der Waals surface area contributed by atoms with Gasteiger partial charge in [0.2, 0.25) is 0 Å². The van der Waals surface area contributed by atoms with Crippen LogP contribution in [0.4, 0.5) is 0 Å². The van der Waals surface area contributed by atoms with Crippen molar-refractivity contribution in [3.63, 3.8) is 0 Å². The molecule has 290 valence electrons. The van der Waals surface area contributed by atoms with Crippen LogP contribution < -0.4 is 0 Å². The predicted octanol–water partition coefficient (Wildman–Crippen LogP) is 14.4. The Balaban J connectivity index is 0.957. The summed E-state index contributed by atoms with van der Waals surface area (Å²) in [6.45, 7) is 0. The van der Waals surface area contributed by atoms with Gasteiger partial charge in [-0.3, -0.25) is 0 Å². The summed E-state index contributed by atoms with van der Waals surface area (Å²) in [6.07, 6.45) is 0. The minimum Gasteiger partial charge on any atom is -0.309 e. The van der Waals surface area contributed by atoms with E-state index in [4.69, 9.17) is 15.0 Å². The lowest BCUT2D eigenvalue weighted by Crippen LogP contribution is -2.00. The standard InChI is InChI=1S/C57H37N5/c1-4-16-39(17-5-1)55-58-56(40-18-6-2-7-19-40)60-57(59-55)43-21-14-20-42(36-43)46-26-15-29-52-54(46)49-25-11-13-28-51(49)61(52)45-33-30-38(31-34-45)41-32-35-48-47-24-10-12-27-50(47)62(53(48)37-41)44-22-8-3-9-23-44/h1-37H. The van der Waals surface area contributed by atoms with Crippen molar-refractivity contribution in [1.29, 1.82) is 0 Å². The Morgan fingerprint density at radius 2 is 0.726 bits per heavy atom. The highest BCUT2D eigenvalue weighted by Crippen LogP contribution is 2.40. The minimum absolute atomic E-state index is 0.634. The number of nitrogens with zero attached hydrogens (tertiary/aromatic N) is 5.